The number of nitrogens with zero attached hydrogens (tertiary/aromatic N) is 1. The molecule has 27 heavy (non-hydrogen) atoms. The van der Waals surface area contributed by atoms with Crippen molar-refractivity contribution in [1.29, 1.82) is 0 Å². The summed E-state index contributed by atoms with van der Waals surface area (Å²) in [5.74, 6) is -0.912. The van der Waals surface area contributed by atoms with Crippen molar-refractivity contribution in [3.63, 3.8) is 0 Å². The van der Waals surface area contributed by atoms with E-state index in [0.29, 0.717) is 0 Å². The van der Waals surface area contributed by atoms with Gasteiger partial charge in [-0.05, 0) is 63.1 Å². The Kier molecular flexibility index (Phi) is 6.26. The smallest absolute Gasteiger partial charge is 0.244 e. The highest BCUT2D eigenvalue weighted by Gasteiger charge is 2.30. The zero-order valence-corrected chi connectivity index (χ0v) is 17.0. The van der Waals surface area contributed by atoms with E-state index in [4.69, 9.17) is 0 Å². The molecule has 0 saturated heterocycles. The fourth-order valence-electron chi connectivity index (χ4n) is 3.12. The summed E-state index contributed by atoms with van der Waals surface area (Å²) in [4.78, 5) is 12.7. The molecule has 0 heterocycles. The van der Waals surface area contributed by atoms with Crippen molar-refractivity contribution in [2.45, 2.75) is 39.8 Å². The molecule has 5 nitrogen and oxygen atoms in total. The van der Waals surface area contributed by atoms with Gasteiger partial charge in [0, 0.05) is 0 Å². The lowest BCUT2D eigenvalue weighted by atomic mass is 10.00. The molecule has 0 spiro atoms. The van der Waals surface area contributed by atoms with Crippen LogP contribution in [-0.4, -0.2) is 26.6 Å². The Hall–Kier alpha value is -2.41. The van der Waals surface area contributed by atoms with Crippen molar-refractivity contribution >= 4 is 21.6 Å². The molecular weight excluding hydrogens is 367 g/mol. The third kappa shape index (κ3) is 5.07. The Morgan fingerprint density at radius 3 is 2.19 bits per heavy atom. The van der Waals surface area contributed by atoms with Crippen LogP contribution in [0.3, 0.4) is 0 Å². The second-order valence-corrected chi connectivity index (χ2v) is 8.66. The van der Waals surface area contributed by atoms with E-state index in [0.717, 1.165) is 39.4 Å². The van der Waals surface area contributed by atoms with Crippen LogP contribution < -0.4 is 9.62 Å². The molecule has 1 N–H and O–H groups in total. The summed E-state index contributed by atoms with van der Waals surface area (Å²) in [7, 11) is -3.74. The number of carbonyl (C=O) groups is 1. The Balaban J connectivity index is 2.25. The van der Waals surface area contributed by atoms with Gasteiger partial charge in [0.25, 0.3) is 0 Å². The predicted molar refractivity (Wildman–Crippen MR) is 106 cm³/mol. The summed E-state index contributed by atoms with van der Waals surface area (Å²) in [6.07, 6.45) is 1.02. The summed E-state index contributed by atoms with van der Waals surface area (Å²) in [5, 5.41) is 2.87. The minimum absolute atomic E-state index is 0.237. The van der Waals surface area contributed by atoms with Crippen molar-refractivity contribution in [3.8, 4) is 0 Å². The lowest BCUT2D eigenvalue weighted by Gasteiger charge is -2.29. The number of carbonyl (C=O) groups excluding carboxylic acids is 1. The fraction of sp³-hybridized carbons (Fsp3) is 0.350. The summed E-state index contributed by atoms with van der Waals surface area (Å²) in [6, 6.07) is 9.69. The molecule has 0 aliphatic carbocycles. The quantitative estimate of drug-likeness (QED) is 0.819. The van der Waals surface area contributed by atoms with E-state index in [1.165, 1.54) is 19.1 Å². The summed E-state index contributed by atoms with van der Waals surface area (Å²) >= 11 is 0. The lowest BCUT2D eigenvalue weighted by Crippen LogP contribution is -2.48. The molecular formula is C20H25FN2O3S. The van der Waals surface area contributed by atoms with E-state index < -0.39 is 27.8 Å². The molecule has 0 fully saturated rings. The number of sulfonamides is 1. The molecule has 2 rings (SSSR count). The third-order valence-electron chi connectivity index (χ3n) is 4.42. The topological polar surface area (TPSA) is 66.5 Å². The second-order valence-electron chi connectivity index (χ2n) is 6.80. The first-order valence-electron chi connectivity index (χ1n) is 8.63. The highest BCUT2D eigenvalue weighted by atomic mass is 32.2. The van der Waals surface area contributed by atoms with Gasteiger partial charge in [0.1, 0.15) is 11.9 Å². The standard InChI is InChI=1S/C20H25FN2O3S/c1-13-6-11-19(14(2)12-13)15(3)22-20(24)16(4)23(27(5,25)26)18-9-7-17(21)8-10-18/h6-12,15-16H,1-5H3,(H,22,24)/t15-,16-/m0/s1. The summed E-state index contributed by atoms with van der Waals surface area (Å²) < 4.78 is 38.7. The van der Waals surface area contributed by atoms with Crippen LogP contribution in [0.4, 0.5) is 10.1 Å². The van der Waals surface area contributed by atoms with Gasteiger partial charge in [-0.25, -0.2) is 12.8 Å². The first kappa shape index (κ1) is 20.9. The molecule has 0 unspecified atom stereocenters. The molecule has 1 amide bonds. The number of benzene rings is 2. The van der Waals surface area contributed by atoms with Gasteiger partial charge in [0.2, 0.25) is 15.9 Å². The molecule has 146 valence electrons. The highest BCUT2D eigenvalue weighted by molar-refractivity contribution is 7.92. The zero-order chi connectivity index (χ0) is 20.4. The molecule has 0 aromatic heterocycles. The average Bonchev–Trinajstić information content (AvgIpc) is 2.55. The predicted octanol–water partition coefficient (Wildman–Crippen LogP) is 3.47. The molecule has 0 radical (unpaired) electrons. The van der Waals surface area contributed by atoms with Gasteiger partial charge < -0.3 is 5.32 Å². The minimum atomic E-state index is -3.74. The van der Waals surface area contributed by atoms with E-state index in [9.17, 15) is 17.6 Å². The Morgan fingerprint density at radius 2 is 1.67 bits per heavy atom. The van der Waals surface area contributed by atoms with Gasteiger partial charge in [-0.3, -0.25) is 9.10 Å². The van der Waals surface area contributed by atoms with E-state index in [1.54, 1.807) is 0 Å². The third-order valence-corrected chi connectivity index (χ3v) is 5.66. The fourth-order valence-corrected chi connectivity index (χ4v) is 4.29. The largest absolute Gasteiger partial charge is 0.348 e. The molecule has 0 aliphatic rings. The monoisotopic (exact) mass is 392 g/mol. The van der Waals surface area contributed by atoms with Crippen LogP contribution in [0.2, 0.25) is 0 Å². The van der Waals surface area contributed by atoms with Crippen LogP contribution in [0.1, 0.15) is 36.6 Å². The van der Waals surface area contributed by atoms with Crippen LogP contribution in [-0.2, 0) is 14.8 Å². The maximum Gasteiger partial charge on any atom is 0.244 e. The number of halogens is 1. The maximum absolute atomic E-state index is 13.2. The molecule has 7 heteroatoms. The van der Waals surface area contributed by atoms with Gasteiger partial charge in [-0.15, -0.1) is 0 Å². The van der Waals surface area contributed by atoms with Gasteiger partial charge in [-0.2, -0.15) is 0 Å². The molecule has 0 saturated carbocycles. The van der Waals surface area contributed by atoms with Crippen LogP contribution in [0.25, 0.3) is 0 Å². The summed E-state index contributed by atoms with van der Waals surface area (Å²) in [6.45, 7) is 7.32. The second kappa shape index (κ2) is 8.08. The van der Waals surface area contributed by atoms with Crippen molar-refractivity contribution < 1.29 is 17.6 Å². The van der Waals surface area contributed by atoms with Crippen molar-refractivity contribution in [2.75, 3.05) is 10.6 Å². The van der Waals surface area contributed by atoms with E-state index >= 15 is 0 Å². The van der Waals surface area contributed by atoms with E-state index in [1.807, 2.05) is 39.0 Å². The van der Waals surface area contributed by atoms with Crippen molar-refractivity contribution in [2.24, 2.45) is 0 Å². The number of aryl methyl sites for hydroxylation is 2. The molecule has 0 aliphatic heterocycles. The first-order chi connectivity index (χ1) is 12.5. The van der Waals surface area contributed by atoms with Crippen molar-refractivity contribution in [1.82, 2.24) is 5.32 Å². The number of hydrogen-bond acceptors (Lipinski definition) is 3. The number of amides is 1. The maximum atomic E-state index is 13.2. The van der Waals surface area contributed by atoms with Gasteiger partial charge in [0.15, 0.2) is 0 Å². The van der Waals surface area contributed by atoms with Crippen LogP contribution in [0, 0.1) is 19.7 Å². The Bertz CT molecular complexity index is 927. The number of anilines is 1. The molecule has 2 atom stereocenters. The van der Waals surface area contributed by atoms with E-state index in [2.05, 4.69) is 5.32 Å². The molecule has 2 aromatic rings. The van der Waals surface area contributed by atoms with E-state index in [-0.39, 0.29) is 11.7 Å². The van der Waals surface area contributed by atoms with Crippen molar-refractivity contribution in [3.05, 3.63) is 65.0 Å². The zero-order valence-electron chi connectivity index (χ0n) is 16.2. The minimum Gasteiger partial charge on any atom is -0.348 e. The number of hydrogen-bond donors (Lipinski definition) is 1. The SMILES string of the molecule is Cc1ccc([C@H](C)NC(=O)[C@H](C)N(c2ccc(F)cc2)S(C)(=O)=O)c(C)c1. The van der Waals surface area contributed by atoms with Crippen LogP contribution in [0.15, 0.2) is 42.5 Å². The highest BCUT2D eigenvalue weighted by Crippen LogP contribution is 2.23. The number of nitrogens with one attached hydrogen (secondary N) is 1. The molecule has 2 aromatic carbocycles. The normalized spacial score (nSPS) is 13.7. The number of rotatable bonds is 6. The first-order valence-corrected chi connectivity index (χ1v) is 10.5. The lowest BCUT2D eigenvalue weighted by molar-refractivity contribution is -0.122. The van der Waals surface area contributed by atoms with Gasteiger partial charge in [0.05, 0.1) is 18.0 Å². The summed E-state index contributed by atoms with van der Waals surface area (Å²) in [5.41, 5.74) is 3.38. The Labute approximate surface area is 160 Å². The van der Waals surface area contributed by atoms with Gasteiger partial charge in [-0.1, -0.05) is 23.8 Å². The van der Waals surface area contributed by atoms with Crippen LogP contribution >= 0.6 is 0 Å². The van der Waals surface area contributed by atoms with Crippen LogP contribution in [0.5, 0.6) is 0 Å². The molecule has 0 bridgehead atoms. The average molecular weight is 392 g/mol. The van der Waals surface area contributed by atoms with Gasteiger partial charge >= 0.3 is 0 Å². The Morgan fingerprint density at radius 1 is 1.07 bits per heavy atom.